The molecule has 0 radical (unpaired) electrons. The van der Waals surface area contributed by atoms with E-state index in [9.17, 15) is 26.3 Å². The largest absolute Gasteiger partial charge is 0.446 e. The van der Waals surface area contributed by atoms with Crippen LogP contribution in [0.1, 0.15) is 5.56 Å². The summed E-state index contributed by atoms with van der Waals surface area (Å²) in [6, 6.07) is 2.17. The van der Waals surface area contributed by atoms with E-state index in [2.05, 4.69) is 0 Å². The van der Waals surface area contributed by atoms with Crippen LogP contribution in [0.2, 0.25) is 0 Å². The van der Waals surface area contributed by atoms with Crippen molar-refractivity contribution < 1.29 is 26.3 Å². The van der Waals surface area contributed by atoms with Crippen LogP contribution in [0.5, 0.6) is 0 Å². The summed E-state index contributed by atoms with van der Waals surface area (Å²) in [5, 5.41) is 0. The molecule has 0 saturated carbocycles. The van der Waals surface area contributed by atoms with Crippen molar-refractivity contribution in [1.82, 2.24) is 0 Å². The summed E-state index contributed by atoms with van der Waals surface area (Å²) >= 11 is -0.813. The van der Waals surface area contributed by atoms with Crippen molar-refractivity contribution in [3.63, 3.8) is 0 Å². The fraction of sp³-hybridized carbons (Fsp3) is 0.250. The van der Waals surface area contributed by atoms with Crippen molar-refractivity contribution >= 4 is 17.4 Å². The number of rotatable bonds is 1. The SMILES string of the molecule is Nc1ccc(SC(F)(F)F)c(C(F)(F)F)c1. The standard InChI is InChI=1S/C8H5F6NS/c9-7(10,11)5-3-4(15)1-2-6(5)16-8(12,13)14/h1-3H,15H2. The van der Waals surface area contributed by atoms with Crippen LogP contribution < -0.4 is 5.73 Å². The molecule has 0 unspecified atom stereocenters. The Balaban J connectivity index is 3.19. The van der Waals surface area contributed by atoms with Crippen LogP contribution in [0.25, 0.3) is 0 Å². The van der Waals surface area contributed by atoms with Gasteiger partial charge >= 0.3 is 11.7 Å². The van der Waals surface area contributed by atoms with E-state index in [0.717, 1.165) is 6.07 Å². The third-order valence-electron chi connectivity index (χ3n) is 1.53. The molecule has 0 bridgehead atoms. The first kappa shape index (κ1) is 13.0. The van der Waals surface area contributed by atoms with Crippen LogP contribution in [0.15, 0.2) is 23.1 Å². The number of thioether (sulfide) groups is 1. The second-order valence-corrected chi connectivity index (χ2v) is 3.91. The fourth-order valence-electron chi connectivity index (χ4n) is 0.983. The van der Waals surface area contributed by atoms with E-state index in [4.69, 9.17) is 5.73 Å². The van der Waals surface area contributed by atoms with E-state index in [-0.39, 0.29) is 5.69 Å². The molecule has 1 aromatic carbocycles. The van der Waals surface area contributed by atoms with Gasteiger partial charge < -0.3 is 5.73 Å². The Morgan fingerprint density at radius 1 is 1.00 bits per heavy atom. The van der Waals surface area contributed by atoms with E-state index >= 15 is 0 Å². The molecule has 2 N–H and O–H groups in total. The fourth-order valence-corrected chi connectivity index (χ4v) is 1.65. The minimum Gasteiger partial charge on any atom is -0.399 e. The molecule has 90 valence electrons. The summed E-state index contributed by atoms with van der Waals surface area (Å²) in [6.45, 7) is 0. The summed E-state index contributed by atoms with van der Waals surface area (Å²) in [5.74, 6) is 0. The van der Waals surface area contributed by atoms with Crippen molar-refractivity contribution in [2.45, 2.75) is 16.6 Å². The summed E-state index contributed by atoms with van der Waals surface area (Å²) in [4.78, 5) is -0.908. The number of alkyl halides is 6. The minimum absolute atomic E-state index is 0.237. The molecular formula is C8H5F6NS. The van der Waals surface area contributed by atoms with Gasteiger partial charge in [0.25, 0.3) is 0 Å². The molecule has 16 heavy (non-hydrogen) atoms. The van der Waals surface area contributed by atoms with Crippen molar-refractivity contribution in [1.29, 1.82) is 0 Å². The highest BCUT2D eigenvalue weighted by Gasteiger charge is 2.38. The van der Waals surface area contributed by atoms with Crippen LogP contribution in [-0.2, 0) is 6.18 Å². The quantitative estimate of drug-likeness (QED) is 0.471. The lowest BCUT2D eigenvalue weighted by molar-refractivity contribution is -0.139. The Hall–Kier alpha value is -1.05. The van der Waals surface area contributed by atoms with Gasteiger partial charge in [-0.3, -0.25) is 0 Å². The van der Waals surface area contributed by atoms with Crippen LogP contribution in [0.4, 0.5) is 32.0 Å². The molecular weight excluding hydrogens is 256 g/mol. The molecule has 0 aliphatic heterocycles. The molecule has 1 rings (SSSR count). The highest BCUT2D eigenvalue weighted by atomic mass is 32.2. The first-order chi connectivity index (χ1) is 7.09. The number of nitrogens with two attached hydrogens (primary N) is 1. The van der Waals surface area contributed by atoms with Gasteiger partial charge in [0.1, 0.15) is 0 Å². The van der Waals surface area contributed by atoms with E-state index in [0.29, 0.717) is 12.1 Å². The molecule has 0 fully saturated rings. The van der Waals surface area contributed by atoms with Gasteiger partial charge in [-0.05, 0) is 30.0 Å². The van der Waals surface area contributed by atoms with Gasteiger partial charge in [0.15, 0.2) is 0 Å². The normalized spacial score (nSPS) is 12.9. The second-order valence-electron chi connectivity index (χ2n) is 2.80. The molecule has 0 heterocycles. The molecule has 0 atom stereocenters. The molecule has 1 aromatic rings. The van der Waals surface area contributed by atoms with Crippen LogP contribution in [-0.4, -0.2) is 5.51 Å². The Labute approximate surface area is 90.6 Å². The van der Waals surface area contributed by atoms with Crippen molar-refractivity contribution in [3.8, 4) is 0 Å². The van der Waals surface area contributed by atoms with Gasteiger partial charge in [-0.25, -0.2) is 0 Å². The van der Waals surface area contributed by atoms with Gasteiger partial charge in [0, 0.05) is 10.6 Å². The van der Waals surface area contributed by atoms with Gasteiger partial charge in [0.2, 0.25) is 0 Å². The zero-order valence-corrected chi connectivity index (χ0v) is 8.30. The zero-order valence-electron chi connectivity index (χ0n) is 7.49. The Bertz CT molecular complexity index is 383. The van der Waals surface area contributed by atoms with Gasteiger partial charge in [-0.15, -0.1) is 0 Å². The monoisotopic (exact) mass is 261 g/mol. The minimum atomic E-state index is -4.86. The van der Waals surface area contributed by atoms with Crippen LogP contribution >= 0.6 is 11.8 Å². The summed E-state index contributed by atoms with van der Waals surface area (Å²) in [6.07, 6.45) is -4.86. The molecule has 0 aromatic heterocycles. The van der Waals surface area contributed by atoms with Crippen molar-refractivity contribution in [2.24, 2.45) is 0 Å². The van der Waals surface area contributed by atoms with Crippen LogP contribution in [0.3, 0.4) is 0 Å². The van der Waals surface area contributed by atoms with Gasteiger partial charge in [-0.2, -0.15) is 26.3 Å². The number of hydrogen-bond donors (Lipinski definition) is 1. The summed E-state index contributed by atoms with van der Waals surface area (Å²) in [5.41, 5.74) is -1.29. The molecule has 0 amide bonds. The van der Waals surface area contributed by atoms with E-state index < -0.39 is 33.9 Å². The third kappa shape index (κ3) is 3.51. The first-order valence-electron chi connectivity index (χ1n) is 3.82. The predicted octanol–water partition coefficient (Wildman–Crippen LogP) is 3.90. The Morgan fingerprint density at radius 2 is 1.56 bits per heavy atom. The van der Waals surface area contributed by atoms with Crippen LogP contribution in [0, 0.1) is 0 Å². The third-order valence-corrected chi connectivity index (χ3v) is 2.34. The number of nitrogen functional groups attached to an aromatic ring is 1. The lowest BCUT2D eigenvalue weighted by atomic mass is 10.2. The first-order valence-corrected chi connectivity index (χ1v) is 4.64. The number of benzene rings is 1. The highest BCUT2D eigenvalue weighted by molar-refractivity contribution is 8.00. The van der Waals surface area contributed by atoms with E-state index in [1.807, 2.05) is 0 Å². The Kier molecular flexibility index (Phi) is 3.32. The molecule has 0 aliphatic rings. The molecule has 0 aliphatic carbocycles. The average Bonchev–Trinajstić information content (AvgIpc) is 2.04. The molecule has 0 spiro atoms. The number of anilines is 1. The predicted molar refractivity (Wildman–Crippen MR) is 47.8 cm³/mol. The second kappa shape index (κ2) is 4.08. The van der Waals surface area contributed by atoms with Crippen molar-refractivity contribution in [2.75, 3.05) is 5.73 Å². The van der Waals surface area contributed by atoms with E-state index in [1.54, 1.807) is 0 Å². The number of hydrogen-bond acceptors (Lipinski definition) is 2. The smallest absolute Gasteiger partial charge is 0.399 e. The van der Waals surface area contributed by atoms with Crippen molar-refractivity contribution in [3.05, 3.63) is 23.8 Å². The maximum atomic E-state index is 12.4. The number of halogens is 6. The average molecular weight is 261 g/mol. The zero-order chi connectivity index (χ0) is 12.6. The maximum absolute atomic E-state index is 12.4. The van der Waals surface area contributed by atoms with Gasteiger partial charge in [-0.1, -0.05) is 0 Å². The highest BCUT2D eigenvalue weighted by Crippen LogP contribution is 2.44. The Morgan fingerprint density at radius 3 is 2.00 bits per heavy atom. The topological polar surface area (TPSA) is 26.0 Å². The summed E-state index contributed by atoms with van der Waals surface area (Å²) < 4.78 is 73.0. The van der Waals surface area contributed by atoms with E-state index in [1.165, 1.54) is 0 Å². The van der Waals surface area contributed by atoms with Gasteiger partial charge in [0.05, 0.1) is 5.56 Å². The molecule has 8 heteroatoms. The molecule has 1 nitrogen and oxygen atoms in total. The maximum Gasteiger partial charge on any atom is 0.446 e. The lowest BCUT2D eigenvalue weighted by Crippen LogP contribution is -2.10. The molecule has 0 saturated heterocycles. The lowest BCUT2D eigenvalue weighted by Gasteiger charge is -2.14. The summed E-state index contributed by atoms with van der Waals surface area (Å²) in [7, 11) is 0.